The molecular formula is C20H15F3N2O3S. The number of carboxylic acid groups (broad SMARTS) is 1. The van der Waals surface area contributed by atoms with Crippen molar-refractivity contribution < 1.29 is 27.9 Å². The average molecular weight is 420 g/mol. The first kappa shape index (κ1) is 20.5. The molecule has 0 bridgehead atoms. The molecule has 1 amide bonds. The number of nitrogens with zero attached hydrogens (tertiary/aromatic N) is 1. The van der Waals surface area contributed by atoms with Gasteiger partial charge in [-0.1, -0.05) is 42.5 Å². The van der Waals surface area contributed by atoms with Crippen LogP contribution in [-0.2, 0) is 22.2 Å². The fourth-order valence-corrected chi connectivity index (χ4v) is 3.46. The molecule has 3 aromatic rings. The van der Waals surface area contributed by atoms with Gasteiger partial charge in [-0.2, -0.15) is 13.2 Å². The molecule has 1 atom stereocenters. The van der Waals surface area contributed by atoms with Crippen molar-refractivity contribution in [3.63, 3.8) is 0 Å². The number of amides is 1. The molecule has 9 heteroatoms. The van der Waals surface area contributed by atoms with Gasteiger partial charge in [0.05, 0.1) is 17.7 Å². The summed E-state index contributed by atoms with van der Waals surface area (Å²) in [5.41, 5.74) is 0.594. The zero-order valence-corrected chi connectivity index (χ0v) is 15.6. The minimum Gasteiger partial charge on any atom is -0.479 e. The van der Waals surface area contributed by atoms with E-state index >= 15 is 0 Å². The fourth-order valence-electron chi connectivity index (χ4n) is 2.63. The summed E-state index contributed by atoms with van der Waals surface area (Å²) < 4.78 is 38.0. The fraction of sp³-hybridized carbons (Fsp3) is 0.150. The molecule has 0 aliphatic rings. The van der Waals surface area contributed by atoms with Gasteiger partial charge in [0.25, 0.3) is 0 Å². The number of alkyl halides is 3. The van der Waals surface area contributed by atoms with Gasteiger partial charge in [-0.3, -0.25) is 4.79 Å². The maximum atomic E-state index is 12.7. The lowest BCUT2D eigenvalue weighted by atomic mass is 10.1. The molecule has 0 fully saturated rings. The number of carboxylic acids is 1. The third kappa shape index (κ3) is 5.20. The molecule has 1 aromatic heterocycles. The lowest BCUT2D eigenvalue weighted by molar-refractivity contribution is -0.142. The number of aliphatic carboxylic acids is 1. The van der Waals surface area contributed by atoms with E-state index < -0.39 is 29.7 Å². The Hall–Kier alpha value is -3.20. The van der Waals surface area contributed by atoms with Crippen molar-refractivity contribution in [3.05, 3.63) is 76.8 Å². The number of carbonyl (C=O) groups is 2. The first-order chi connectivity index (χ1) is 13.7. The lowest BCUT2D eigenvalue weighted by Crippen LogP contribution is -2.34. The minimum atomic E-state index is -4.41. The highest BCUT2D eigenvalue weighted by Gasteiger charge is 2.30. The number of nitrogens with one attached hydrogen (secondary N) is 1. The summed E-state index contributed by atoms with van der Waals surface area (Å²) in [4.78, 5) is 28.0. The Morgan fingerprint density at radius 1 is 1.07 bits per heavy atom. The van der Waals surface area contributed by atoms with Crippen molar-refractivity contribution in [1.82, 2.24) is 10.3 Å². The van der Waals surface area contributed by atoms with E-state index in [-0.39, 0.29) is 6.42 Å². The third-order valence-electron chi connectivity index (χ3n) is 4.04. The predicted octanol–water partition coefficient (Wildman–Crippen LogP) is 4.31. The van der Waals surface area contributed by atoms with Crippen LogP contribution in [-0.4, -0.2) is 22.0 Å². The van der Waals surface area contributed by atoms with E-state index in [1.54, 1.807) is 35.7 Å². The maximum absolute atomic E-state index is 12.7. The molecule has 0 radical (unpaired) electrons. The van der Waals surface area contributed by atoms with Gasteiger partial charge in [-0.05, 0) is 17.7 Å². The minimum absolute atomic E-state index is 0.145. The number of hydrogen-bond acceptors (Lipinski definition) is 4. The number of benzene rings is 2. The topological polar surface area (TPSA) is 79.3 Å². The van der Waals surface area contributed by atoms with Gasteiger partial charge in [-0.25, -0.2) is 9.78 Å². The van der Waals surface area contributed by atoms with Crippen LogP contribution in [0, 0.1) is 0 Å². The lowest BCUT2D eigenvalue weighted by Gasteiger charge is -2.14. The Labute approximate surface area is 167 Å². The second kappa shape index (κ2) is 8.44. The summed E-state index contributed by atoms with van der Waals surface area (Å²) in [6.45, 7) is 0. The van der Waals surface area contributed by atoms with Gasteiger partial charge in [0, 0.05) is 10.9 Å². The van der Waals surface area contributed by atoms with Crippen molar-refractivity contribution in [2.45, 2.75) is 18.6 Å². The number of aromatic nitrogens is 1. The van der Waals surface area contributed by atoms with Gasteiger partial charge in [0.1, 0.15) is 5.01 Å². The van der Waals surface area contributed by atoms with E-state index in [0.29, 0.717) is 21.8 Å². The summed E-state index contributed by atoms with van der Waals surface area (Å²) in [7, 11) is 0. The van der Waals surface area contributed by atoms with E-state index in [9.17, 15) is 27.9 Å². The van der Waals surface area contributed by atoms with Crippen LogP contribution in [0.4, 0.5) is 13.2 Å². The number of thiazole rings is 1. The second-order valence-corrected chi connectivity index (χ2v) is 7.00. The van der Waals surface area contributed by atoms with Gasteiger partial charge < -0.3 is 10.4 Å². The van der Waals surface area contributed by atoms with E-state index in [1.807, 2.05) is 0 Å². The molecule has 0 saturated carbocycles. The molecule has 0 unspecified atom stereocenters. The summed E-state index contributed by atoms with van der Waals surface area (Å²) in [6, 6.07) is 11.7. The molecule has 0 aliphatic carbocycles. The van der Waals surface area contributed by atoms with Crippen LogP contribution < -0.4 is 5.32 Å². The monoisotopic (exact) mass is 420 g/mol. The Morgan fingerprint density at radius 2 is 1.72 bits per heavy atom. The van der Waals surface area contributed by atoms with Gasteiger partial charge >= 0.3 is 12.1 Å². The SMILES string of the molecule is O=C(Cc1csc(-c2ccc(C(F)(F)F)cc2)n1)N[C@@H](C(=O)O)c1ccccc1. The molecule has 1 heterocycles. The zero-order valence-electron chi connectivity index (χ0n) is 14.8. The molecule has 0 spiro atoms. The highest BCUT2D eigenvalue weighted by atomic mass is 32.1. The summed E-state index contributed by atoms with van der Waals surface area (Å²) in [5, 5.41) is 13.9. The smallest absolute Gasteiger partial charge is 0.416 e. The van der Waals surface area contributed by atoms with Crippen molar-refractivity contribution in [2.24, 2.45) is 0 Å². The van der Waals surface area contributed by atoms with Crippen molar-refractivity contribution in [2.75, 3.05) is 0 Å². The summed E-state index contributed by atoms with van der Waals surface area (Å²) in [5.74, 6) is -1.71. The van der Waals surface area contributed by atoms with Gasteiger partial charge in [-0.15, -0.1) is 11.3 Å². The van der Waals surface area contributed by atoms with Crippen LogP contribution in [0.1, 0.15) is 22.9 Å². The molecule has 2 aromatic carbocycles. The van der Waals surface area contributed by atoms with Gasteiger partial charge in [0.15, 0.2) is 6.04 Å². The number of halogens is 3. The summed E-state index contributed by atoms with van der Waals surface area (Å²) >= 11 is 1.19. The molecule has 2 N–H and O–H groups in total. The first-order valence-corrected chi connectivity index (χ1v) is 9.31. The highest BCUT2D eigenvalue weighted by molar-refractivity contribution is 7.13. The van der Waals surface area contributed by atoms with E-state index in [0.717, 1.165) is 12.1 Å². The Balaban J connectivity index is 1.68. The Bertz CT molecular complexity index is 1000. The van der Waals surface area contributed by atoms with Crippen LogP contribution >= 0.6 is 11.3 Å². The molecule has 3 rings (SSSR count). The quantitative estimate of drug-likeness (QED) is 0.623. The van der Waals surface area contributed by atoms with Gasteiger partial charge in [0.2, 0.25) is 5.91 Å². The maximum Gasteiger partial charge on any atom is 0.416 e. The zero-order chi connectivity index (χ0) is 21.0. The first-order valence-electron chi connectivity index (χ1n) is 8.43. The van der Waals surface area contributed by atoms with Crippen LogP contribution in [0.15, 0.2) is 60.0 Å². The standard InChI is InChI=1S/C20H15F3N2O3S/c21-20(22,23)14-8-6-13(7-9-14)18-24-15(11-29-18)10-16(26)25-17(19(27)28)12-4-2-1-3-5-12/h1-9,11,17H,10H2,(H,25,26)(H,27,28)/t17-/m1/s1. The normalized spacial score (nSPS) is 12.4. The number of rotatable bonds is 6. The van der Waals surface area contributed by atoms with E-state index in [4.69, 9.17) is 0 Å². The van der Waals surface area contributed by atoms with E-state index in [2.05, 4.69) is 10.3 Å². The largest absolute Gasteiger partial charge is 0.479 e. The molecule has 150 valence electrons. The molecular weight excluding hydrogens is 405 g/mol. The van der Waals surface area contributed by atoms with Crippen molar-refractivity contribution in [1.29, 1.82) is 0 Å². The van der Waals surface area contributed by atoms with Crippen LogP contribution in [0.25, 0.3) is 10.6 Å². The third-order valence-corrected chi connectivity index (χ3v) is 4.98. The molecule has 0 aliphatic heterocycles. The molecule has 0 saturated heterocycles. The van der Waals surface area contributed by atoms with Crippen molar-refractivity contribution >= 4 is 23.2 Å². The van der Waals surface area contributed by atoms with Crippen molar-refractivity contribution in [3.8, 4) is 10.6 Å². The predicted molar refractivity (Wildman–Crippen MR) is 101 cm³/mol. The molecule has 29 heavy (non-hydrogen) atoms. The number of carbonyl (C=O) groups excluding carboxylic acids is 1. The number of hydrogen-bond donors (Lipinski definition) is 2. The van der Waals surface area contributed by atoms with E-state index in [1.165, 1.54) is 23.5 Å². The Morgan fingerprint density at radius 3 is 2.31 bits per heavy atom. The van der Waals surface area contributed by atoms with Crippen LogP contribution in [0.5, 0.6) is 0 Å². The second-order valence-electron chi connectivity index (χ2n) is 6.15. The average Bonchev–Trinajstić information content (AvgIpc) is 3.14. The summed E-state index contributed by atoms with van der Waals surface area (Å²) in [6.07, 6.45) is -4.56. The van der Waals surface area contributed by atoms with Crippen LogP contribution in [0.2, 0.25) is 0 Å². The molecule has 5 nitrogen and oxygen atoms in total. The Kier molecular flexibility index (Phi) is 5.97. The highest BCUT2D eigenvalue weighted by Crippen LogP contribution is 2.31. The van der Waals surface area contributed by atoms with Crippen LogP contribution in [0.3, 0.4) is 0 Å².